The number of para-hydroxylation sites is 2. The van der Waals surface area contributed by atoms with E-state index in [2.05, 4.69) is 0 Å². The molecule has 0 aliphatic carbocycles. The van der Waals surface area contributed by atoms with E-state index in [1.807, 2.05) is 61.5 Å². The van der Waals surface area contributed by atoms with Crippen LogP contribution in [0.2, 0.25) is 0 Å². The zero-order valence-electron chi connectivity index (χ0n) is 14.8. The first kappa shape index (κ1) is 18.2. The largest absolute Gasteiger partial charge is 0.496 e. The molecule has 3 aromatic rings. The Balaban J connectivity index is 2.44. The van der Waals surface area contributed by atoms with Gasteiger partial charge < -0.3 is 4.74 Å². The van der Waals surface area contributed by atoms with Crippen molar-refractivity contribution in [2.45, 2.75) is 6.92 Å². The molecule has 1 aromatic heterocycles. The first-order valence-electron chi connectivity index (χ1n) is 8.07. The molecule has 132 valence electrons. The van der Waals surface area contributed by atoms with Crippen molar-refractivity contribution in [1.82, 2.24) is 4.57 Å². The molecule has 0 saturated carbocycles. The molecule has 5 nitrogen and oxygen atoms in total. The van der Waals surface area contributed by atoms with Crippen LogP contribution in [0.4, 0.5) is 0 Å². The molecule has 2 aromatic carbocycles. The Morgan fingerprint density at radius 1 is 1.11 bits per heavy atom. The SMILES string of the molecule is COc1ccccc1/C=c1\sc(=C(C#N)C#N)n(-c2ccccc2C)c1=O. The lowest BCUT2D eigenvalue weighted by Gasteiger charge is -2.05. The minimum Gasteiger partial charge on any atom is -0.496 e. The van der Waals surface area contributed by atoms with Crippen LogP contribution in [0.15, 0.2) is 53.3 Å². The van der Waals surface area contributed by atoms with Crippen molar-refractivity contribution >= 4 is 23.0 Å². The molecule has 3 rings (SSSR count). The lowest BCUT2D eigenvalue weighted by Crippen LogP contribution is -2.31. The highest BCUT2D eigenvalue weighted by atomic mass is 32.1. The Labute approximate surface area is 159 Å². The van der Waals surface area contributed by atoms with Gasteiger partial charge in [0.2, 0.25) is 0 Å². The van der Waals surface area contributed by atoms with Gasteiger partial charge >= 0.3 is 0 Å². The Bertz CT molecular complexity index is 1250. The third-order valence-electron chi connectivity index (χ3n) is 4.04. The summed E-state index contributed by atoms with van der Waals surface area (Å²) in [7, 11) is 1.56. The number of benzene rings is 2. The van der Waals surface area contributed by atoms with Gasteiger partial charge in [-0.15, -0.1) is 11.3 Å². The molecule has 0 radical (unpaired) electrons. The van der Waals surface area contributed by atoms with Crippen molar-refractivity contribution in [2.75, 3.05) is 7.11 Å². The van der Waals surface area contributed by atoms with Crippen LogP contribution < -0.4 is 19.5 Å². The van der Waals surface area contributed by atoms with Crippen molar-refractivity contribution in [3.63, 3.8) is 0 Å². The number of ether oxygens (including phenoxy) is 1. The predicted molar refractivity (Wildman–Crippen MR) is 105 cm³/mol. The Morgan fingerprint density at radius 3 is 2.44 bits per heavy atom. The summed E-state index contributed by atoms with van der Waals surface area (Å²) in [5.41, 5.74) is 1.89. The molecule has 0 bridgehead atoms. The summed E-state index contributed by atoms with van der Waals surface area (Å²) in [4.78, 5) is 13.2. The van der Waals surface area contributed by atoms with Gasteiger partial charge in [-0.05, 0) is 30.7 Å². The molecule has 0 aliphatic rings. The summed E-state index contributed by atoms with van der Waals surface area (Å²) in [5, 5.41) is 18.7. The van der Waals surface area contributed by atoms with Crippen LogP contribution in [0.5, 0.6) is 5.75 Å². The molecular weight excluding hydrogens is 358 g/mol. The van der Waals surface area contributed by atoms with Crippen molar-refractivity contribution in [2.24, 2.45) is 0 Å². The maximum Gasteiger partial charge on any atom is 0.273 e. The normalized spacial score (nSPS) is 10.9. The molecule has 1 heterocycles. The van der Waals surface area contributed by atoms with Gasteiger partial charge in [-0.3, -0.25) is 9.36 Å². The van der Waals surface area contributed by atoms with Crippen molar-refractivity contribution in [1.29, 1.82) is 10.5 Å². The number of thiazole rings is 1. The van der Waals surface area contributed by atoms with E-state index in [0.29, 0.717) is 20.6 Å². The van der Waals surface area contributed by atoms with Gasteiger partial charge in [0.1, 0.15) is 22.6 Å². The van der Waals surface area contributed by atoms with E-state index in [0.717, 1.165) is 22.5 Å². The number of nitrogens with zero attached hydrogens (tertiary/aromatic N) is 3. The van der Waals surface area contributed by atoms with Gasteiger partial charge in [0, 0.05) is 5.56 Å². The predicted octanol–water partition coefficient (Wildman–Crippen LogP) is 2.24. The lowest BCUT2D eigenvalue weighted by atomic mass is 10.2. The van der Waals surface area contributed by atoms with Crippen LogP contribution in [0.1, 0.15) is 11.1 Å². The van der Waals surface area contributed by atoms with Gasteiger partial charge in [-0.1, -0.05) is 36.4 Å². The maximum absolute atomic E-state index is 13.2. The Kier molecular flexibility index (Phi) is 5.21. The van der Waals surface area contributed by atoms with E-state index in [1.165, 1.54) is 4.57 Å². The fraction of sp³-hybridized carbons (Fsp3) is 0.0952. The molecule has 0 atom stereocenters. The van der Waals surface area contributed by atoms with Crippen molar-refractivity contribution in [3.05, 3.63) is 79.2 Å². The van der Waals surface area contributed by atoms with Crippen molar-refractivity contribution < 1.29 is 4.74 Å². The number of hydrogen-bond acceptors (Lipinski definition) is 5. The lowest BCUT2D eigenvalue weighted by molar-refractivity contribution is 0.414. The molecule has 0 unspecified atom stereocenters. The molecule has 6 heteroatoms. The average Bonchev–Trinajstić information content (AvgIpc) is 3.00. The fourth-order valence-corrected chi connectivity index (χ4v) is 3.77. The number of aryl methyl sites for hydroxylation is 1. The summed E-state index contributed by atoms with van der Waals surface area (Å²) in [6.45, 7) is 1.88. The summed E-state index contributed by atoms with van der Waals surface area (Å²) in [5.74, 6) is 0.638. The standard InChI is InChI=1S/C21H15N3O2S/c1-14-7-3-5-9-17(14)24-20(25)19(27-21(24)16(12-22)13-23)11-15-8-4-6-10-18(15)26-2/h3-11H,1-2H3/b19-11-. The first-order valence-corrected chi connectivity index (χ1v) is 8.89. The molecular formula is C21H15N3O2S. The molecule has 0 spiro atoms. The highest BCUT2D eigenvalue weighted by molar-refractivity contribution is 7.07. The minimum absolute atomic E-state index is 0.0972. The monoisotopic (exact) mass is 373 g/mol. The van der Waals surface area contributed by atoms with E-state index in [4.69, 9.17) is 4.74 Å². The third kappa shape index (κ3) is 3.39. The molecule has 0 amide bonds. The van der Waals surface area contributed by atoms with Crippen LogP contribution >= 0.6 is 11.3 Å². The number of aromatic nitrogens is 1. The van der Waals surface area contributed by atoms with Crippen LogP contribution in [-0.2, 0) is 0 Å². The topological polar surface area (TPSA) is 78.8 Å². The summed E-state index contributed by atoms with van der Waals surface area (Å²) in [6.07, 6.45) is 1.72. The quantitative estimate of drug-likeness (QED) is 0.705. The van der Waals surface area contributed by atoms with Gasteiger partial charge in [-0.25, -0.2) is 0 Å². The smallest absolute Gasteiger partial charge is 0.273 e. The molecule has 0 saturated heterocycles. The van der Waals surface area contributed by atoms with E-state index < -0.39 is 0 Å². The van der Waals surface area contributed by atoms with Gasteiger partial charge in [0.05, 0.1) is 17.3 Å². The van der Waals surface area contributed by atoms with Crippen LogP contribution in [0.25, 0.3) is 17.3 Å². The summed E-state index contributed by atoms with van der Waals surface area (Å²) < 4.78 is 7.51. The Hall–Kier alpha value is -3.61. The molecule has 0 aliphatic heterocycles. The number of methoxy groups -OCH3 is 1. The second-order valence-corrected chi connectivity index (χ2v) is 6.71. The first-order chi connectivity index (χ1) is 13.1. The van der Waals surface area contributed by atoms with Crippen molar-refractivity contribution in [3.8, 4) is 23.6 Å². The van der Waals surface area contributed by atoms with Gasteiger partial charge in [0.25, 0.3) is 5.56 Å². The second kappa shape index (κ2) is 7.74. The minimum atomic E-state index is -0.279. The van der Waals surface area contributed by atoms with Crippen LogP contribution in [0.3, 0.4) is 0 Å². The van der Waals surface area contributed by atoms with E-state index in [-0.39, 0.29) is 11.1 Å². The zero-order chi connectivity index (χ0) is 19.4. The Morgan fingerprint density at radius 2 is 1.78 bits per heavy atom. The molecule has 0 N–H and O–H groups in total. The highest BCUT2D eigenvalue weighted by Crippen LogP contribution is 2.17. The van der Waals surface area contributed by atoms with E-state index in [1.54, 1.807) is 19.3 Å². The summed E-state index contributed by atoms with van der Waals surface area (Å²) >= 11 is 1.12. The van der Waals surface area contributed by atoms with Crippen LogP contribution in [0, 0.1) is 29.6 Å². The average molecular weight is 373 g/mol. The molecule has 0 fully saturated rings. The second-order valence-electron chi connectivity index (χ2n) is 5.68. The highest BCUT2D eigenvalue weighted by Gasteiger charge is 2.13. The number of hydrogen-bond donors (Lipinski definition) is 0. The van der Waals surface area contributed by atoms with Gasteiger partial charge in [0.15, 0.2) is 5.57 Å². The number of rotatable bonds is 3. The van der Waals surface area contributed by atoms with E-state index in [9.17, 15) is 15.3 Å². The summed E-state index contributed by atoms with van der Waals surface area (Å²) in [6, 6.07) is 18.5. The third-order valence-corrected chi connectivity index (χ3v) is 5.14. The zero-order valence-corrected chi connectivity index (χ0v) is 15.6. The van der Waals surface area contributed by atoms with Crippen LogP contribution in [-0.4, -0.2) is 11.7 Å². The molecule has 27 heavy (non-hydrogen) atoms. The van der Waals surface area contributed by atoms with Gasteiger partial charge in [-0.2, -0.15) is 10.5 Å². The van der Waals surface area contributed by atoms with E-state index >= 15 is 0 Å². The fourth-order valence-electron chi connectivity index (χ4n) is 2.73. The maximum atomic E-state index is 13.2. The number of nitriles is 2.